The molecule has 150 valence electrons. The Balaban J connectivity index is 1.81. The molecular formula is C24H32N2O2. The SMILES string of the molecule is CCCCOc1ccc(NC(=O)C2(c3cccc(C)c3)CCCCC2)c(C)n1. The van der Waals surface area contributed by atoms with Crippen LogP contribution in [0.1, 0.15) is 68.7 Å². The number of rotatable bonds is 7. The van der Waals surface area contributed by atoms with E-state index in [1.165, 1.54) is 12.0 Å². The van der Waals surface area contributed by atoms with Crippen LogP contribution in [-0.4, -0.2) is 17.5 Å². The Kier molecular flexibility index (Phi) is 6.71. The lowest BCUT2D eigenvalue weighted by Crippen LogP contribution is -2.42. The number of aromatic nitrogens is 1. The molecule has 2 aromatic rings. The summed E-state index contributed by atoms with van der Waals surface area (Å²) in [6.07, 6.45) is 7.27. The van der Waals surface area contributed by atoms with E-state index in [1.54, 1.807) is 0 Å². The number of amides is 1. The van der Waals surface area contributed by atoms with Crippen molar-refractivity contribution in [2.75, 3.05) is 11.9 Å². The molecule has 0 bridgehead atoms. The maximum atomic E-state index is 13.5. The van der Waals surface area contributed by atoms with Crippen molar-refractivity contribution in [2.45, 2.75) is 71.1 Å². The van der Waals surface area contributed by atoms with Gasteiger partial charge in [-0.25, -0.2) is 4.98 Å². The smallest absolute Gasteiger partial charge is 0.235 e. The summed E-state index contributed by atoms with van der Waals surface area (Å²) in [5.41, 5.74) is 3.44. The molecule has 0 saturated heterocycles. The van der Waals surface area contributed by atoms with Crippen molar-refractivity contribution in [3.8, 4) is 5.88 Å². The van der Waals surface area contributed by atoms with E-state index in [9.17, 15) is 4.79 Å². The average molecular weight is 381 g/mol. The van der Waals surface area contributed by atoms with Gasteiger partial charge >= 0.3 is 0 Å². The highest BCUT2D eigenvalue weighted by molar-refractivity contribution is 5.99. The Bertz CT molecular complexity index is 810. The minimum absolute atomic E-state index is 0.0855. The van der Waals surface area contributed by atoms with Crippen molar-refractivity contribution in [3.63, 3.8) is 0 Å². The molecule has 0 atom stereocenters. The maximum Gasteiger partial charge on any atom is 0.235 e. The summed E-state index contributed by atoms with van der Waals surface area (Å²) < 4.78 is 5.68. The molecule has 1 aliphatic carbocycles. The fraction of sp³-hybridized carbons (Fsp3) is 0.500. The van der Waals surface area contributed by atoms with E-state index in [0.717, 1.165) is 55.5 Å². The fourth-order valence-electron chi connectivity index (χ4n) is 4.06. The first-order valence-corrected chi connectivity index (χ1v) is 10.5. The van der Waals surface area contributed by atoms with Crippen LogP contribution in [0.4, 0.5) is 5.69 Å². The quantitative estimate of drug-likeness (QED) is 0.625. The van der Waals surface area contributed by atoms with Crippen molar-refractivity contribution in [3.05, 3.63) is 53.2 Å². The molecule has 0 unspecified atom stereocenters. The zero-order chi connectivity index (χ0) is 20.0. The second kappa shape index (κ2) is 9.22. The molecule has 1 aromatic carbocycles. The summed E-state index contributed by atoms with van der Waals surface area (Å²) in [5.74, 6) is 0.706. The van der Waals surface area contributed by atoms with E-state index in [-0.39, 0.29) is 5.91 Å². The fourth-order valence-corrected chi connectivity index (χ4v) is 4.06. The summed E-state index contributed by atoms with van der Waals surface area (Å²) >= 11 is 0. The third-order valence-electron chi connectivity index (χ3n) is 5.77. The van der Waals surface area contributed by atoms with Gasteiger partial charge in [-0.2, -0.15) is 0 Å². The van der Waals surface area contributed by atoms with Gasteiger partial charge in [0.2, 0.25) is 11.8 Å². The van der Waals surface area contributed by atoms with Gasteiger partial charge in [-0.05, 0) is 44.7 Å². The van der Waals surface area contributed by atoms with Gasteiger partial charge in [0, 0.05) is 6.07 Å². The second-order valence-electron chi connectivity index (χ2n) is 7.95. The van der Waals surface area contributed by atoms with Gasteiger partial charge in [0.15, 0.2) is 0 Å². The summed E-state index contributed by atoms with van der Waals surface area (Å²) in [7, 11) is 0. The van der Waals surface area contributed by atoms with E-state index in [1.807, 2.05) is 19.1 Å². The molecule has 1 heterocycles. The minimum Gasteiger partial charge on any atom is -0.478 e. The monoisotopic (exact) mass is 380 g/mol. The van der Waals surface area contributed by atoms with Crippen LogP contribution in [0.5, 0.6) is 5.88 Å². The first kappa shape index (κ1) is 20.4. The molecule has 1 fully saturated rings. The number of ether oxygens (including phenoxy) is 1. The third kappa shape index (κ3) is 4.54. The highest BCUT2D eigenvalue weighted by Crippen LogP contribution is 2.41. The number of anilines is 1. The Morgan fingerprint density at radius 3 is 2.61 bits per heavy atom. The topological polar surface area (TPSA) is 51.2 Å². The van der Waals surface area contributed by atoms with Crippen LogP contribution >= 0.6 is 0 Å². The molecule has 4 heteroatoms. The largest absolute Gasteiger partial charge is 0.478 e. The summed E-state index contributed by atoms with van der Waals surface area (Å²) in [6.45, 7) is 6.81. The van der Waals surface area contributed by atoms with Gasteiger partial charge in [0.1, 0.15) is 0 Å². The summed E-state index contributed by atoms with van der Waals surface area (Å²) in [4.78, 5) is 18.0. The minimum atomic E-state index is -0.451. The van der Waals surface area contributed by atoms with Crippen molar-refractivity contribution in [1.82, 2.24) is 4.98 Å². The molecular weight excluding hydrogens is 348 g/mol. The van der Waals surface area contributed by atoms with E-state index in [4.69, 9.17) is 4.74 Å². The maximum absolute atomic E-state index is 13.5. The predicted octanol–water partition coefficient (Wildman–Crippen LogP) is 5.72. The van der Waals surface area contributed by atoms with Crippen molar-refractivity contribution >= 4 is 11.6 Å². The summed E-state index contributed by atoms with van der Waals surface area (Å²) in [6, 6.07) is 12.2. The molecule has 0 aliphatic heterocycles. The van der Waals surface area contributed by atoms with Crippen LogP contribution in [-0.2, 0) is 10.2 Å². The second-order valence-corrected chi connectivity index (χ2v) is 7.95. The molecule has 28 heavy (non-hydrogen) atoms. The van der Waals surface area contributed by atoms with Gasteiger partial charge in [-0.3, -0.25) is 4.79 Å². The zero-order valence-corrected chi connectivity index (χ0v) is 17.4. The van der Waals surface area contributed by atoms with E-state index >= 15 is 0 Å². The lowest BCUT2D eigenvalue weighted by Gasteiger charge is -2.36. The zero-order valence-electron chi connectivity index (χ0n) is 17.4. The number of hydrogen-bond acceptors (Lipinski definition) is 3. The number of hydrogen-bond donors (Lipinski definition) is 1. The molecule has 1 N–H and O–H groups in total. The normalized spacial score (nSPS) is 15.8. The lowest BCUT2D eigenvalue weighted by molar-refractivity contribution is -0.122. The van der Waals surface area contributed by atoms with Crippen LogP contribution < -0.4 is 10.1 Å². The molecule has 0 spiro atoms. The van der Waals surface area contributed by atoms with Crippen LogP contribution in [0.3, 0.4) is 0 Å². The van der Waals surface area contributed by atoms with Crippen molar-refractivity contribution < 1.29 is 9.53 Å². The molecule has 0 radical (unpaired) electrons. The van der Waals surface area contributed by atoms with Gasteiger partial charge in [-0.1, -0.05) is 62.4 Å². The van der Waals surface area contributed by atoms with Gasteiger partial charge in [0.05, 0.1) is 23.4 Å². The Morgan fingerprint density at radius 1 is 1.14 bits per heavy atom. The van der Waals surface area contributed by atoms with Gasteiger partial charge in [-0.15, -0.1) is 0 Å². The van der Waals surface area contributed by atoms with Crippen LogP contribution in [0.15, 0.2) is 36.4 Å². The van der Waals surface area contributed by atoms with E-state index in [0.29, 0.717) is 12.5 Å². The lowest BCUT2D eigenvalue weighted by atomic mass is 9.68. The van der Waals surface area contributed by atoms with Crippen LogP contribution in [0.25, 0.3) is 0 Å². The number of pyridine rings is 1. The highest BCUT2D eigenvalue weighted by atomic mass is 16.5. The number of nitrogens with one attached hydrogen (secondary N) is 1. The molecule has 1 aromatic heterocycles. The first-order valence-electron chi connectivity index (χ1n) is 10.5. The molecule has 4 nitrogen and oxygen atoms in total. The molecule has 1 aliphatic rings. The van der Waals surface area contributed by atoms with E-state index in [2.05, 4.69) is 48.4 Å². The Morgan fingerprint density at radius 2 is 1.93 bits per heavy atom. The predicted molar refractivity (Wildman–Crippen MR) is 114 cm³/mol. The van der Waals surface area contributed by atoms with Crippen molar-refractivity contribution in [1.29, 1.82) is 0 Å². The Hall–Kier alpha value is -2.36. The standard InChI is InChI=1S/C24H32N2O2/c1-4-5-16-28-22-13-12-21(19(3)25-22)26-23(27)24(14-7-6-8-15-24)20-11-9-10-18(2)17-20/h9-13,17H,4-8,14-16H2,1-3H3,(H,26,27). The molecule has 1 saturated carbocycles. The summed E-state index contributed by atoms with van der Waals surface area (Å²) in [5, 5.41) is 3.18. The van der Waals surface area contributed by atoms with Crippen molar-refractivity contribution in [2.24, 2.45) is 0 Å². The van der Waals surface area contributed by atoms with Crippen LogP contribution in [0, 0.1) is 13.8 Å². The number of carbonyl (C=O) groups is 1. The van der Waals surface area contributed by atoms with Crippen LogP contribution in [0.2, 0.25) is 0 Å². The number of unbranched alkanes of at least 4 members (excludes halogenated alkanes) is 1. The van der Waals surface area contributed by atoms with E-state index < -0.39 is 5.41 Å². The number of nitrogens with zero attached hydrogens (tertiary/aromatic N) is 1. The third-order valence-corrected chi connectivity index (χ3v) is 5.77. The Labute approximate surface area is 168 Å². The number of carbonyl (C=O) groups excluding carboxylic acids is 1. The number of benzene rings is 1. The highest BCUT2D eigenvalue weighted by Gasteiger charge is 2.41. The number of aryl methyl sites for hydroxylation is 2. The first-order chi connectivity index (χ1) is 13.5. The average Bonchev–Trinajstić information content (AvgIpc) is 2.70. The van der Waals surface area contributed by atoms with Gasteiger partial charge in [0.25, 0.3) is 0 Å². The van der Waals surface area contributed by atoms with Gasteiger partial charge < -0.3 is 10.1 Å². The molecule has 1 amide bonds. The molecule has 3 rings (SSSR count).